The Morgan fingerprint density at radius 3 is 2.25 bits per heavy atom. The van der Waals surface area contributed by atoms with Crippen LogP contribution >= 0.6 is 0 Å². The summed E-state index contributed by atoms with van der Waals surface area (Å²) in [7, 11) is -0.646. The van der Waals surface area contributed by atoms with E-state index in [1.54, 1.807) is 26.4 Å². The Morgan fingerprint density at radius 2 is 1.64 bits per heavy atom. The maximum absolute atomic E-state index is 13.5. The van der Waals surface area contributed by atoms with Crippen molar-refractivity contribution in [1.29, 1.82) is 0 Å². The van der Waals surface area contributed by atoms with Crippen molar-refractivity contribution < 1.29 is 27.8 Å². The summed E-state index contributed by atoms with van der Waals surface area (Å²) in [4.78, 5) is 15.1. The van der Waals surface area contributed by atoms with Crippen LogP contribution in [0.3, 0.4) is 0 Å². The first kappa shape index (κ1) is 34.7. The summed E-state index contributed by atoms with van der Waals surface area (Å²) in [5, 5.41) is 13.2. The van der Waals surface area contributed by atoms with Crippen molar-refractivity contribution in [2.75, 3.05) is 51.1 Å². The van der Waals surface area contributed by atoms with Gasteiger partial charge in [-0.2, -0.15) is 4.31 Å². The number of hydrogen-bond donors (Lipinski definition) is 3. The van der Waals surface area contributed by atoms with Gasteiger partial charge in [0.15, 0.2) is 11.5 Å². The number of hydrogen-bond acceptors (Lipinski definition) is 8. The molecular weight excluding hydrogens is 580 g/mol. The topological polar surface area (TPSA) is 134 Å². The van der Waals surface area contributed by atoms with Crippen molar-refractivity contribution in [1.82, 2.24) is 9.62 Å². The van der Waals surface area contributed by atoms with Crippen LogP contribution in [0.5, 0.6) is 11.5 Å². The van der Waals surface area contributed by atoms with Crippen molar-refractivity contribution in [3.05, 3.63) is 78.4 Å². The first-order valence-corrected chi connectivity index (χ1v) is 16.3. The third kappa shape index (κ3) is 9.87. The smallest absolute Gasteiger partial charge is 0.243 e. The van der Waals surface area contributed by atoms with Gasteiger partial charge in [-0.15, -0.1) is 0 Å². The average Bonchev–Trinajstić information content (AvgIpc) is 3.02. The predicted octanol–water partition coefficient (Wildman–Crippen LogP) is 4.29. The fraction of sp³-hybridized carbons (Fsp3) is 0.424. The van der Waals surface area contributed by atoms with Crippen molar-refractivity contribution in [2.45, 2.75) is 50.6 Å². The van der Waals surface area contributed by atoms with E-state index < -0.39 is 16.1 Å². The number of nitrogens with zero attached hydrogens (tertiary/aromatic N) is 2. The lowest BCUT2D eigenvalue weighted by atomic mass is 10.1. The molecule has 0 fully saturated rings. The molecule has 240 valence electrons. The molecule has 0 heterocycles. The van der Waals surface area contributed by atoms with Crippen LogP contribution in [0, 0.1) is 5.92 Å². The Kier molecular flexibility index (Phi) is 13.3. The number of para-hydroxylation sites is 1. The summed E-state index contributed by atoms with van der Waals surface area (Å²) in [6.07, 6.45) is 1.73. The summed E-state index contributed by atoms with van der Waals surface area (Å²) in [5.74, 6) is 1.20. The zero-order chi connectivity index (χ0) is 32.1. The highest BCUT2D eigenvalue weighted by Gasteiger charge is 2.31. The van der Waals surface area contributed by atoms with Gasteiger partial charge in [0.1, 0.15) is 0 Å². The maximum Gasteiger partial charge on any atom is 0.243 e. The van der Waals surface area contributed by atoms with E-state index in [-0.39, 0.29) is 36.4 Å². The molecule has 0 aliphatic carbocycles. The van der Waals surface area contributed by atoms with Crippen LogP contribution < -0.4 is 25.4 Å². The molecule has 44 heavy (non-hydrogen) atoms. The molecule has 0 aliphatic heterocycles. The van der Waals surface area contributed by atoms with E-state index in [9.17, 15) is 18.3 Å². The molecule has 11 heteroatoms. The SMILES string of the molecule is COc1ccc(CN(CC(=O)NCCCC[C@@H](CO)N(CC(C)C)S(=O)(=O)c2ccc(N)cc2)c2ccccc2)cc1OC. The van der Waals surface area contributed by atoms with E-state index in [0.29, 0.717) is 49.5 Å². The van der Waals surface area contributed by atoms with E-state index in [1.165, 1.54) is 16.4 Å². The summed E-state index contributed by atoms with van der Waals surface area (Å²) in [6, 6.07) is 20.9. The Hall–Kier alpha value is -3.80. The Balaban J connectivity index is 1.58. The van der Waals surface area contributed by atoms with E-state index in [2.05, 4.69) is 5.32 Å². The second-order valence-corrected chi connectivity index (χ2v) is 13.0. The largest absolute Gasteiger partial charge is 0.493 e. The molecule has 1 atom stereocenters. The van der Waals surface area contributed by atoms with Gasteiger partial charge in [-0.05, 0) is 72.9 Å². The number of amides is 1. The number of aliphatic hydroxyl groups excluding tert-OH is 1. The van der Waals surface area contributed by atoms with Crippen LogP contribution in [0.4, 0.5) is 11.4 Å². The van der Waals surface area contributed by atoms with Gasteiger partial charge in [0.2, 0.25) is 15.9 Å². The first-order valence-electron chi connectivity index (χ1n) is 14.8. The van der Waals surface area contributed by atoms with Crippen LogP contribution in [-0.4, -0.2) is 70.2 Å². The Morgan fingerprint density at radius 1 is 0.955 bits per heavy atom. The van der Waals surface area contributed by atoms with E-state index in [4.69, 9.17) is 15.2 Å². The third-order valence-corrected chi connectivity index (χ3v) is 9.15. The number of sulfonamides is 1. The number of unbranched alkanes of at least 4 members (excludes halogenated alkanes) is 1. The molecule has 0 radical (unpaired) electrons. The fourth-order valence-electron chi connectivity index (χ4n) is 4.94. The second kappa shape index (κ2) is 16.9. The van der Waals surface area contributed by atoms with E-state index >= 15 is 0 Å². The molecule has 10 nitrogen and oxygen atoms in total. The number of rotatable bonds is 18. The number of nitrogens with one attached hydrogen (secondary N) is 1. The van der Waals surface area contributed by atoms with Gasteiger partial charge >= 0.3 is 0 Å². The lowest BCUT2D eigenvalue weighted by Crippen LogP contribution is -2.44. The number of methoxy groups -OCH3 is 2. The van der Waals surface area contributed by atoms with Crippen molar-refractivity contribution in [3.63, 3.8) is 0 Å². The molecule has 0 saturated carbocycles. The lowest BCUT2D eigenvalue weighted by Gasteiger charge is -2.31. The van der Waals surface area contributed by atoms with Gasteiger partial charge in [-0.1, -0.05) is 44.5 Å². The molecule has 4 N–H and O–H groups in total. The predicted molar refractivity (Wildman–Crippen MR) is 174 cm³/mol. The van der Waals surface area contributed by atoms with E-state index in [0.717, 1.165) is 11.3 Å². The summed E-state index contributed by atoms with van der Waals surface area (Å²) in [5.41, 5.74) is 8.11. The first-order chi connectivity index (χ1) is 21.1. The Bertz CT molecular complexity index is 1420. The highest BCUT2D eigenvalue weighted by atomic mass is 32.2. The summed E-state index contributed by atoms with van der Waals surface area (Å²) >= 11 is 0. The van der Waals surface area contributed by atoms with Crippen LogP contribution in [0.1, 0.15) is 38.7 Å². The second-order valence-electron chi connectivity index (χ2n) is 11.1. The molecule has 0 saturated heterocycles. The number of carbonyl (C=O) groups is 1. The molecule has 0 unspecified atom stereocenters. The fourth-order valence-corrected chi connectivity index (χ4v) is 6.75. The number of aliphatic hydroxyl groups is 1. The van der Waals surface area contributed by atoms with Gasteiger partial charge in [0.25, 0.3) is 0 Å². The van der Waals surface area contributed by atoms with E-state index in [1.807, 2.05) is 67.3 Å². The minimum atomic E-state index is -3.83. The van der Waals surface area contributed by atoms with Gasteiger partial charge in [0, 0.05) is 37.1 Å². The summed E-state index contributed by atoms with van der Waals surface area (Å²) < 4.78 is 39.1. The van der Waals surface area contributed by atoms with Crippen molar-refractivity contribution >= 4 is 27.3 Å². The molecule has 0 spiro atoms. The minimum absolute atomic E-state index is 0.0680. The zero-order valence-corrected chi connectivity index (χ0v) is 26.9. The van der Waals surface area contributed by atoms with Crippen LogP contribution in [-0.2, 0) is 21.4 Å². The lowest BCUT2D eigenvalue weighted by molar-refractivity contribution is -0.119. The number of carbonyl (C=O) groups excluding carboxylic acids is 1. The standard InChI is InChI=1S/C33H46N4O6S/c1-25(2)21-37(44(40,41)30-16-14-27(34)15-17-30)29(24-38)12-8-9-19-35-33(39)23-36(28-10-6-5-7-11-28)22-26-13-18-31(42-3)32(20-26)43-4/h5-7,10-11,13-18,20,25,29,38H,8-9,12,19,21-24,34H2,1-4H3,(H,35,39)/t29-/m0/s1. The quantitative estimate of drug-likeness (QED) is 0.141. The number of ether oxygens (including phenoxy) is 2. The molecule has 3 rings (SSSR count). The van der Waals surface area contributed by atoms with Gasteiger partial charge in [-0.25, -0.2) is 8.42 Å². The van der Waals surface area contributed by atoms with Gasteiger partial charge in [0.05, 0.1) is 32.3 Å². The molecule has 0 aliphatic rings. The molecule has 1 amide bonds. The number of nitrogen functional groups attached to an aromatic ring is 1. The van der Waals surface area contributed by atoms with Crippen molar-refractivity contribution in [2.24, 2.45) is 5.92 Å². The molecule has 3 aromatic carbocycles. The molecule has 3 aromatic rings. The van der Waals surface area contributed by atoms with Gasteiger partial charge in [-0.3, -0.25) is 4.79 Å². The Labute approximate surface area is 261 Å². The third-order valence-electron chi connectivity index (χ3n) is 7.21. The monoisotopic (exact) mass is 626 g/mol. The van der Waals surface area contributed by atoms with Crippen molar-refractivity contribution in [3.8, 4) is 11.5 Å². The number of benzene rings is 3. The molecular formula is C33H46N4O6S. The maximum atomic E-state index is 13.5. The highest BCUT2D eigenvalue weighted by Crippen LogP contribution is 2.29. The van der Waals surface area contributed by atoms with Gasteiger partial charge < -0.3 is 30.5 Å². The normalized spacial score (nSPS) is 12.2. The number of nitrogens with two attached hydrogens (primary N) is 1. The number of anilines is 2. The minimum Gasteiger partial charge on any atom is -0.493 e. The zero-order valence-electron chi connectivity index (χ0n) is 26.1. The van der Waals surface area contributed by atoms with Crippen LogP contribution in [0.15, 0.2) is 77.7 Å². The summed E-state index contributed by atoms with van der Waals surface area (Å²) in [6.45, 7) is 4.95. The highest BCUT2D eigenvalue weighted by molar-refractivity contribution is 7.89. The molecule has 0 aromatic heterocycles. The average molecular weight is 627 g/mol. The molecule has 0 bridgehead atoms. The van der Waals surface area contributed by atoms with Crippen LogP contribution in [0.25, 0.3) is 0 Å². The van der Waals surface area contributed by atoms with Crippen LogP contribution in [0.2, 0.25) is 0 Å².